The van der Waals surface area contributed by atoms with Crippen LogP contribution in [0.2, 0.25) is 0 Å². The molecule has 3 nitrogen and oxygen atoms in total. The summed E-state index contributed by atoms with van der Waals surface area (Å²) < 4.78 is 0. The van der Waals surface area contributed by atoms with Gasteiger partial charge in [0, 0.05) is 6.61 Å². The molecule has 2 saturated carbocycles. The zero-order valence-corrected chi connectivity index (χ0v) is 17.1. The van der Waals surface area contributed by atoms with Crippen LogP contribution in [0.4, 0.5) is 0 Å². The Kier molecular flexibility index (Phi) is 5.33. The Balaban J connectivity index is 1.72. The van der Waals surface area contributed by atoms with E-state index in [1.165, 1.54) is 49.7 Å². The van der Waals surface area contributed by atoms with E-state index in [1.54, 1.807) is 18.3 Å². The zero-order chi connectivity index (χ0) is 19.0. The fraction of sp³-hybridized carbons (Fsp3) is 0.708. The lowest BCUT2D eigenvalue weighted by molar-refractivity contribution is 0.108. The maximum Gasteiger partial charge on any atom is 0.106 e. The predicted octanol–water partition coefficient (Wildman–Crippen LogP) is 5.57. The molecular weight excluding hydrogens is 334 g/mol. The number of allylic oxidation sites excluding steroid dienone is 5. The van der Waals surface area contributed by atoms with Crippen molar-refractivity contribution in [2.24, 2.45) is 28.3 Å². The van der Waals surface area contributed by atoms with E-state index in [0.717, 1.165) is 43.2 Å². The van der Waals surface area contributed by atoms with Crippen molar-refractivity contribution in [3.63, 3.8) is 0 Å². The summed E-state index contributed by atoms with van der Waals surface area (Å²) in [4.78, 5) is 5.03. The van der Waals surface area contributed by atoms with Crippen LogP contribution >= 0.6 is 0 Å². The zero-order valence-electron chi connectivity index (χ0n) is 17.1. The van der Waals surface area contributed by atoms with Gasteiger partial charge in [-0.15, -0.1) is 0 Å². The summed E-state index contributed by atoms with van der Waals surface area (Å²) in [6.45, 7) is 7.31. The lowest BCUT2D eigenvalue weighted by atomic mass is 9.53. The number of hydrogen-bond donors (Lipinski definition) is 1. The van der Waals surface area contributed by atoms with Crippen molar-refractivity contribution in [1.82, 2.24) is 0 Å². The van der Waals surface area contributed by atoms with Crippen molar-refractivity contribution in [3.05, 3.63) is 34.9 Å². The van der Waals surface area contributed by atoms with E-state index >= 15 is 0 Å². The topological polar surface area (TPSA) is 41.8 Å². The molecule has 0 radical (unpaired) electrons. The van der Waals surface area contributed by atoms with Crippen molar-refractivity contribution >= 4 is 5.71 Å². The lowest BCUT2D eigenvalue weighted by Crippen LogP contribution is -2.42. The second-order valence-electron chi connectivity index (χ2n) is 9.30. The molecule has 3 heteroatoms. The highest BCUT2D eigenvalue weighted by Gasteiger charge is 2.53. The second-order valence-corrected chi connectivity index (χ2v) is 9.30. The Labute approximate surface area is 164 Å². The third-order valence-electron chi connectivity index (χ3n) is 7.98. The Morgan fingerprint density at radius 3 is 2.85 bits per heavy atom. The number of fused-ring (bicyclic) bond motifs is 4. The molecular formula is C24H35NO2. The molecule has 0 amide bonds. The lowest BCUT2D eigenvalue weighted by Gasteiger charge is -2.51. The van der Waals surface area contributed by atoms with Gasteiger partial charge in [0.2, 0.25) is 0 Å². The van der Waals surface area contributed by atoms with E-state index < -0.39 is 0 Å². The largest absolute Gasteiger partial charge is 0.399 e. The van der Waals surface area contributed by atoms with Gasteiger partial charge in [0.15, 0.2) is 0 Å². The molecule has 2 fully saturated rings. The van der Waals surface area contributed by atoms with Crippen molar-refractivity contribution in [1.29, 1.82) is 0 Å². The summed E-state index contributed by atoms with van der Waals surface area (Å²) >= 11 is 0. The minimum Gasteiger partial charge on any atom is -0.399 e. The molecule has 0 aromatic carbocycles. The molecule has 4 aliphatic rings. The highest BCUT2D eigenvalue weighted by Crippen LogP contribution is 2.63. The molecule has 1 N–H and O–H groups in total. The number of rotatable bonds is 5. The number of aliphatic hydroxyl groups excluding tert-OH is 1. The first-order valence-electron chi connectivity index (χ1n) is 10.9. The first-order valence-corrected chi connectivity index (χ1v) is 10.9. The van der Waals surface area contributed by atoms with Crippen molar-refractivity contribution in [3.8, 4) is 0 Å². The summed E-state index contributed by atoms with van der Waals surface area (Å²) in [6.07, 6.45) is 14.0. The summed E-state index contributed by atoms with van der Waals surface area (Å²) in [5, 5.41) is 13.5. The van der Waals surface area contributed by atoms with Crippen LogP contribution < -0.4 is 0 Å². The molecule has 4 rings (SSSR count). The normalized spacial score (nSPS) is 37.0. The minimum atomic E-state index is 0.316. The fourth-order valence-electron chi connectivity index (χ4n) is 6.69. The van der Waals surface area contributed by atoms with Crippen molar-refractivity contribution < 1.29 is 9.94 Å². The van der Waals surface area contributed by atoms with E-state index in [1.807, 2.05) is 0 Å². The Morgan fingerprint density at radius 2 is 2.07 bits per heavy atom. The number of aliphatic hydroxyl groups is 1. The number of nitrogens with zero attached hydrogens (tertiary/aromatic N) is 1. The molecule has 0 aliphatic heterocycles. The Morgan fingerprint density at radius 1 is 1.22 bits per heavy atom. The van der Waals surface area contributed by atoms with E-state index in [4.69, 9.17) is 4.84 Å². The van der Waals surface area contributed by atoms with Crippen LogP contribution in [0.25, 0.3) is 0 Å². The SMILES string of the molecule is C=C1CC[C@H]2[C@@H]3CCC4=CC(=NOC)CCC4=C3[C@@H](CCCCO)C[C@]12C. The standard InChI is InChI=1S/C24H35NO2/c1-16-7-12-22-21-10-8-17-14-19(25-27-3)9-11-20(17)23(21)18(6-4-5-13-26)15-24(16,22)2/h14,18,21-22,26H,1,4-13,15H2,2-3H3/t18-,21-,22-,24+/m0/s1. The monoisotopic (exact) mass is 369 g/mol. The average molecular weight is 370 g/mol. The van der Waals surface area contributed by atoms with Gasteiger partial charge >= 0.3 is 0 Å². The number of hydrogen-bond acceptors (Lipinski definition) is 3. The van der Waals surface area contributed by atoms with Gasteiger partial charge < -0.3 is 9.94 Å². The molecule has 0 saturated heterocycles. The third-order valence-corrected chi connectivity index (χ3v) is 7.98. The quantitative estimate of drug-likeness (QED) is 0.391. The highest BCUT2D eigenvalue weighted by atomic mass is 16.6. The van der Waals surface area contributed by atoms with Gasteiger partial charge in [-0.1, -0.05) is 36.2 Å². The Hall–Kier alpha value is -1.35. The second kappa shape index (κ2) is 7.58. The van der Waals surface area contributed by atoms with Gasteiger partial charge in [-0.2, -0.15) is 0 Å². The maximum atomic E-state index is 9.28. The van der Waals surface area contributed by atoms with E-state index in [9.17, 15) is 5.11 Å². The van der Waals surface area contributed by atoms with Crippen LogP contribution in [0.3, 0.4) is 0 Å². The number of unbranched alkanes of at least 4 members (excludes halogenated alkanes) is 1. The average Bonchev–Trinajstić information content (AvgIpc) is 2.96. The highest BCUT2D eigenvalue weighted by molar-refractivity contribution is 5.97. The van der Waals surface area contributed by atoms with Crippen molar-refractivity contribution in [2.45, 2.75) is 71.1 Å². The first kappa shape index (κ1) is 19.0. The summed E-state index contributed by atoms with van der Waals surface area (Å²) in [5.74, 6) is 2.20. The summed E-state index contributed by atoms with van der Waals surface area (Å²) in [5.41, 5.74) is 7.91. The molecule has 0 heterocycles. The van der Waals surface area contributed by atoms with Gasteiger partial charge in [-0.25, -0.2) is 0 Å². The van der Waals surface area contributed by atoms with E-state index in [-0.39, 0.29) is 0 Å². The molecule has 4 atom stereocenters. The molecule has 0 bridgehead atoms. The van der Waals surface area contributed by atoms with E-state index in [2.05, 4.69) is 24.7 Å². The third kappa shape index (κ3) is 3.22. The van der Waals surface area contributed by atoms with Gasteiger partial charge in [0.25, 0.3) is 0 Å². The fourth-order valence-corrected chi connectivity index (χ4v) is 6.69. The van der Waals surface area contributed by atoms with Crippen molar-refractivity contribution in [2.75, 3.05) is 13.7 Å². The Bertz CT molecular complexity index is 701. The molecule has 0 aromatic heterocycles. The smallest absolute Gasteiger partial charge is 0.106 e. The van der Waals surface area contributed by atoms with E-state index in [0.29, 0.717) is 17.9 Å². The number of oxime groups is 1. The van der Waals surface area contributed by atoms with Gasteiger partial charge in [0.1, 0.15) is 7.11 Å². The van der Waals surface area contributed by atoms with Crippen LogP contribution in [0.1, 0.15) is 71.1 Å². The minimum absolute atomic E-state index is 0.316. The summed E-state index contributed by atoms with van der Waals surface area (Å²) in [7, 11) is 1.64. The van der Waals surface area contributed by atoms with Gasteiger partial charge in [0.05, 0.1) is 5.71 Å². The maximum absolute atomic E-state index is 9.28. The predicted molar refractivity (Wildman–Crippen MR) is 111 cm³/mol. The van der Waals surface area contributed by atoms with Crippen LogP contribution in [0.15, 0.2) is 40.1 Å². The van der Waals surface area contributed by atoms with Crippen LogP contribution in [-0.2, 0) is 4.84 Å². The van der Waals surface area contributed by atoms with Crippen LogP contribution in [0, 0.1) is 23.2 Å². The molecule has 0 unspecified atom stereocenters. The van der Waals surface area contributed by atoms with Crippen LogP contribution in [0.5, 0.6) is 0 Å². The summed E-state index contributed by atoms with van der Waals surface area (Å²) in [6, 6.07) is 0. The van der Waals surface area contributed by atoms with Gasteiger partial charge in [-0.3, -0.25) is 0 Å². The van der Waals surface area contributed by atoms with Gasteiger partial charge in [-0.05, 0) is 98.2 Å². The molecule has 148 valence electrons. The molecule has 27 heavy (non-hydrogen) atoms. The first-order chi connectivity index (χ1) is 13.1. The molecule has 0 aromatic rings. The molecule has 0 spiro atoms. The van der Waals surface area contributed by atoms with Crippen LogP contribution in [-0.4, -0.2) is 24.5 Å². The molecule has 4 aliphatic carbocycles.